The Morgan fingerprint density at radius 3 is 2.54 bits per heavy atom. The number of nitrogens with one attached hydrogen (secondary N) is 2. The van der Waals surface area contributed by atoms with Crippen LogP contribution in [0.1, 0.15) is 51.6 Å². The third-order valence-electron chi connectivity index (χ3n) is 6.89. The van der Waals surface area contributed by atoms with Gasteiger partial charge in [0.25, 0.3) is 11.8 Å². The lowest BCUT2D eigenvalue weighted by Crippen LogP contribution is -2.35. The minimum atomic E-state index is -3.69. The number of carbonyl (C=O) groups is 2. The number of halogens is 1. The summed E-state index contributed by atoms with van der Waals surface area (Å²) >= 11 is 3.43. The van der Waals surface area contributed by atoms with Gasteiger partial charge in [0.2, 0.25) is 22.4 Å². The predicted molar refractivity (Wildman–Crippen MR) is 157 cm³/mol. The summed E-state index contributed by atoms with van der Waals surface area (Å²) in [4.78, 5) is 25.5. The first kappa shape index (κ1) is 28.6. The molecule has 1 saturated carbocycles. The van der Waals surface area contributed by atoms with E-state index >= 15 is 0 Å². The van der Waals surface area contributed by atoms with E-state index in [0.717, 1.165) is 33.9 Å². The molecule has 5 rings (SSSR count). The van der Waals surface area contributed by atoms with Crippen LogP contribution in [0.3, 0.4) is 0 Å². The summed E-state index contributed by atoms with van der Waals surface area (Å²) in [5, 5.41) is 20.4. The van der Waals surface area contributed by atoms with Crippen molar-refractivity contribution in [1.29, 1.82) is 0 Å². The van der Waals surface area contributed by atoms with E-state index in [1.807, 2.05) is 30.3 Å². The number of hydrogen-bond acceptors (Lipinski definition) is 6. The fourth-order valence-electron chi connectivity index (χ4n) is 4.77. The van der Waals surface area contributed by atoms with E-state index in [-0.39, 0.29) is 36.4 Å². The number of anilines is 1. The number of aromatic nitrogens is 3. The van der Waals surface area contributed by atoms with Crippen molar-refractivity contribution in [2.24, 2.45) is 0 Å². The molecule has 2 aromatic carbocycles. The van der Waals surface area contributed by atoms with E-state index in [2.05, 4.69) is 26.6 Å². The maximum absolute atomic E-state index is 13.0. The Morgan fingerprint density at radius 2 is 1.90 bits per heavy atom. The summed E-state index contributed by atoms with van der Waals surface area (Å²) in [6.07, 6.45) is 6.04. The molecule has 2 aromatic heterocycles. The molecule has 1 fully saturated rings. The van der Waals surface area contributed by atoms with Gasteiger partial charge in [0.15, 0.2) is 0 Å². The average Bonchev–Trinajstić information content (AvgIpc) is 3.72. The van der Waals surface area contributed by atoms with Gasteiger partial charge in [-0.2, -0.15) is 5.10 Å². The highest BCUT2D eigenvalue weighted by atomic mass is 79.9. The van der Waals surface area contributed by atoms with Crippen LogP contribution in [0.15, 0.2) is 65.4 Å². The molecule has 11 nitrogen and oxygen atoms in total. The van der Waals surface area contributed by atoms with E-state index in [1.54, 1.807) is 29.9 Å². The number of rotatable bonds is 10. The molecule has 4 aromatic rings. The van der Waals surface area contributed by atoms with Crippen LogP contribution in [0, 0.1) is 0 Å². The maximum Gasteiger partial charge on any atom is 0.270 e. The first-order valence-electron chi connectivity index (χ1n) is 13.1. The molecule has 0 aliphatic heterocycles. The first-order valence-corrected chi connectivity index (χ1v) is 15.7. The summed E-state index contributed by atoms with van der Waals surface area (Å²) in [5.41, 5.74) is 3.22. The van der Waals surface area contributed by atoms with Crippen molar-refractivity contribution in [2.45, 2.75) is 25.2 Å². The normalized spacial score (nSPS) is 13.2. The molecule has 0 saturated heterocycles. The van der Waals surface area contributed by atoms with E-state index in [4.69, 9.17) is 5.10 Å². The second kappa shape index (κ2) is 11.5. The summed E-state index contributed by atoms with van der Waals surface area (Å²) < 4.78 is 30.7. The van der Waals surface area contributed by atoms with Gasteiger partial charge in [-0.3, -0.25) is 19.1 Å². The number of benzene rings is 2. The number of carbonyl (C=O) groups excluding carboxylic acids is 2. The maximum atomic E-state index is 13.0. The van der Waals surface area contributed by atoms with Crippen molar-refractivity contribution in [2.75, 3.05) is 30.7 Å². The third-order valence-corrected chi connectivity index (χ3v) is 8.60. The Kier molecular flexibility index (Phi) is 8.00. The summed E-state index contributed by atoms with van der Waals surface area (Å²) in [7, 11) is -2.13. The van der Waals surface area contributed by atoms with Gasteiger partial charge in [-0.15, -0.1) is 0 Å². The van der Waals surface area contributed by atoms with Crippen molar-refractivity contribution in [1.82, 2.24) is 20.4 Å². The highest BCUT2D eigenvalue weighted by molar-refractivity contribution is 9.10. The predicted octanol–water partition coefficient (Wildman–Crippen LogP) is 3.14. The van der Waals surface area contributed by atoms with Gasteiger partial charge < -0.3 is 10.6 Å². The lowest BCUT2D eigenvalue weighted by Gasteiger charge is -2.25. The standard InChI is InChI=1S/C28H29BrN6O5S/c1-30-28(37)26-23-15-22(18-6-7-18)25(16-24(23)32-35(26)21-10-8-20(29)9-11-21)34(41(2,39)40)14-4-12-31-27(36)19-5-3-13-33(38)17-19/h3,5,8-11,13,15-18H,4,6-7,12,14H2,1-2H3,(H2-,30,31,36,37,38)/p+1. The Morgan fingerprint density at radius 1 is 1.17 bits per heavy atom. The van der Waals surface area contributed by atoms with Gasteiger partial charge in [-0.05, 0) is 73.2 Å². The summed E-state index contributed by atoms with van der Waals surface area (Å²) in [5.74, 6) is -0.499. The highest BCUT2D eigenvalue weighted by Gasteiger charge is 2.32. The number of sulfonamides is 1. The van der Waals surface area contributed by atoms with E-state index in [1.165, 1.54) is 16.7 Å². The highest BCUT2D eigenvalue weighted by Crippen LogP contribution is 2.46. The topological polar surface area (TPSA) is 138 Å². The fourth-order valence-corrected chi connectivity index (χ4v) is 6.01. The van der Waals surface area contributed by atoms with Crippen molar-refractivity contribution in [3.8, 4) is 5.69 Å². The second-order valence-electron chi connectivity index (χ2n) is 9.94. The van der Waals surface area contributed by atoms with Crippen LogP contribution < -0.4 is 19.7 Å². The molecular weight excluding hydrogens is 612 g/mol. The first-order chi connectivity index (χ1) is 19.6. The Bertz CT molecular complexity index is 1730. The lowest BCUT2D eigenvalue weighted by atomic mass is 10.0. The molecule has 0 unspecified atom stereocenters. The zero-order valence-electron chi connectivity index (χ0n) is 22.5. The summed E-state index contributed by atoms with van der Waals surface area (Å²) in [6.45, 7) is 0.361. The third kappa shape index (κ3) is 6.20. The zero-order valence-corrected chi connectivity index (χ0v) is 24.9. The molecule has 1 aliphatic carbocycles. The van der Waals surface area contributed by atoms with Gasteiger partial charge in [0.05, 0.1) is 23.1 Å². The monoisotopic (exact) mass is 641 g/mol. The SMILES string of the molecule is CNC(=O)c1c2cc(C3CC3)c(N(CCCNC(=O)c3ccc[n+](O)c3)S(C)(=O)=O)cc2nn1-c1ccc(Br)cc1. The molecule has 13 heteroatoms. The molecule has 0 atom stereocenters. The zero-order chi connectivity index (χ0) is 29.3. The molecular formula is C28H30BrN6O5S+. The van der Waals surface area contributed by atoms with Gasteiger partial charge in [0.1, 0.15) is 11.3 Å². The molecule has 0 radical (unpaired) electrons. The van der Waals surface area contributed by atoms with Gasteiger partial charge in [0, 0.05) is 40.8 Å². The molecule has 0 spiro atoms. The molecule has 1 aliphatic rings. The fraction of sp³-hybridized carbons (Fsp3) is 0.286. The van der Waals surface area contributed by atoms with Crippen LogP contribution in [0.4, 0.5) is 5.69 Å². The van der Waals surface area contributed by atoms with Gasteiger partial charge >= 0.3 is 0 Å². The number of nitrogens with zero attached hydrogens (tertiary/aromatic N) is 4. The molecule has 2 amide bonds. The molecule has 2 heterocycles. The van der Waals surface area contributed by atoms with Crippen LogP contribution in [-0.2, 0) is 10.0 Å². The van der Waals surface area contributed by atoms with Crippen molar-refractivity contribution in [3.63, 3.8) is 0 Å². The number of amides is 2. The largest absolute Gasteiger partial charge is 0.354 e. The number of hydrogen-bond donors (Lipinski definition) is 3. The van der Waals surface area contributed by atoms with Crippen LogP contribution in [0.2, 0.25) is 0 Å². The minimum Gasteiger partial charge on any atom is -0.354 e. The number of pyridine rings is 1. The average molecular weight is 643 g/mol. The van der Waals surface area contributed by atoms with Crippen LogP contribution >= 0.6 is 15.9 Å². The van der Waals surface area contributed by atoms with Crippen molar-refractivity contribution < 1.29 is 27.9 Å². The quantitative estimate of drug-likeness (QED) is 0.138. The smallest absolute Gasteiger partial charge is 0.270 e. The number of fused-ring (bicyclic) bond motifs is 1. The second-order valence-corrected chi connectivity index (χ2v) is 12.8. The van der Waals surface area contributed by atoms with E-state index < -0.39 is 10.0 Å². The van der Waals surface area contributed by atoms with Crippen LogP contribution in [-0.4, -0.2) is 61.6 Å². The Labute approximate surface area is 245 Å². The molecule has 0 bridgehead atoms. The van der Waals surface area contributed by atoms with Crippen molar-refractivity contribution >= 4 is 54.4 Å². The van der Waals surface area contributed by atoms with Crippen LogP contribution in [0.25, 0.3) is 16.6 Å². The Balaban J connectivity index is 1.49. The van der Waals surface area contributed by atoms with Gasteiger partial charge in [-0.1, -0.05) is 15.9 Å². The minimum absolute atomic E-state index is 0.134. The summed E-state index contributed by atoms with van der Waals surface area (Å²) in [6, 6.07) is 14.2. The van der Waals surface area contributed by atoms with E-state index in [9.17, 15) is 23.2 Å². The Hall–Kier alpha value is -3.97. The van der Waals surface area contributed by atoms with Gasteiger partial charge in [-0.25, -0.2) is 13.1 Å². The molecule has 41 heavy (non-hydrogen) atoms. The van der Waals surface area contributed by atoms with E-state index in [0.29, 0.717) is 34.4 Å². The molecule has 3 N–H and O–H groups in total. The van der Waals surface area contributed by atoms with Crippen LogP contribution in [0.5, 0.6) is 0 Å². The van der Waals surface area contributed by atoms with Crippen molar-refractivity contribution in [3.05, 3.63) is 82.2 Å². The molecule has 214 valence electrons. The lowest BCUT2D eigenvalue weighted by molar-refractivity contribution is -0.904.